The van der Waals surface area contributed by atoms with E-state index in [1.807, 2.05) is 32.0 Å². The van der Waals surface area contributed by atoms with Gasteiger partial charge in [0, 0.05) is 5.25 Å². The van der Waals surface area contributed by atoms with Crippen molar-refractivity contribution in [1.29, 1.82) is 0 Å². The van der Waals surface area contributed by atoms with Crippen molar-refractivity contribution in [3.8, 4) is 0 Å². The highest BCUT2D eigenvalue weighted by molar-refractivity contribution is 7.99. The SMILES string of the molecule is CCC(CC(=O)O)Sc1nc2ccc(C)cc2[nH]1. The predicted octanol–water partition coefficient (Wildman–Crippen LogP) is 3.22. The number of carboxylic acid groups (broad SMARTS) is 1. The van der Waals surface area contributed by atoms with Crippen LogP contribution < -0.4 is 0 Å². The van der Waals surface area contributed by atoms with Crippen LogP contribution in [0.5, 0.6) is 0 Å². The summed E-state index contributed by atoms with van der Waals surface area (Å²) in [4.78, 5) is 18.4. The van der Waals surface area contributed by atoms with Crippen molar-refractivity contribution in [2.75, 3.05) is 0 Å². The predicted molar refractivity (Wildman–Crippen MR) is 73.0 cm³/mol. The van der Waals surface area contributed by atoms with Crippen LogP contribution in [-0.4, -0.2) is 26.3 Å². The third-order valence-corrected chi connectivity index (χ3v) is 4.00. The Morgan fingerprint density at radius 3 is 3.00 bits per heavy atom. The Kier molecular flexibility index (Phi) is 3.91. The second kappa shape index (κ2) is 5.44. The second-order valence-electron chi connectivity index (χ2n) is 4.31. The Hall–Kier alpha value is -1.49. The van der Waals surface area contributed by atoms with Gasteiger partial charge in [0.15, 0.2) is 5.16 Å². The van der Waals surface area contributed by atoms with Crippen LogP contribution in [0.15, 0.2) is 23.4 Å². The lowest BCUT2D eigenvalue weighted by molar-refractivity contribution is -0.136. The first-order valence-corrected chi connectivity index (χ1v) is 6.81. The number of aryl methyl sites for hydroxylation is 1. The topological polar surface area (TPSA) is 66.0 Å². The minimum absolute atomic E-state index is 0.0594. The molecule has 1 heterocycles. The van der Waals surface area contributed by atoms with Crippen LogP contribution in [0.2, 0.25) is 0 Å². The van der Waals surface area contributed by atoms with Crippen LogP contribution in [0.1, 0.15) is 25.3 Å². The van der Waals surface area contributed by atoms with Gasteiger partial charge in [-0.15, -0.1) is 0 Å². The third kappa shape index (κ3) is 3.04. The largest absolute Gasteiger partial charge is 0.481 e. The van der Waals surface area contributed by atoms with Gasteiger partial charge in [0.05, 0.1) is 17.5 Å². The van der Waals surface area contributed by atoms with E-state index >= 15 is 0 Å². The van der Waals surface area contributed by atoms with Gasteiger partial charge in [-0.3, -0.25) is 4.79 Å². The molecule has 1 unspecified atom stereocenters. The molecule has 0 saturated carbocycles. The summed E-state index contributed by atoms with van der Waals surface area (Å²) in [6.45, 7) is 4.03. The third-order valence-electron chi connectivity index (χ3n) is 2.75. The maximum atomic E-state index is 10.7. The number of benzene rings is 1. The number of nitrogens with zero attached hydrogens (tertiary/aromatic N) is 1. The number of nitrogens with one attached hydrogen (secondary N) is 1. The van der Waals surface area contributed by atoms with E-state index in [-0.39, 0.29) is 11.7 Å². The smallest absolute Gasteiger partial charge is 0.304 e. The molecule has 2 N–H and O–H groups in total. The van der Waals surface area contributed by atoms with Gasteiger partial charge in [-0.2, -0.15) is 0 Å². The van der Waals surface area contributed by atoms with Gasteiger partial charge in [0.1, 0.15) is 0 Å². The molecule has 18 heavy (non-hydrogen) atoms. The van der Waals surface area contributed by atoms with E-state index in [9.17, 15) is 4.79 Å². The van der Waals surface area contributed by atoms with Gasteiger partial charge in [-0.05, 0) is 31.0 Å². The maximum Gasteiger partial charge on any atom is 0.304 e. The normalized spacial score (nSPS) is 12.8. The van der Waals surface area contributed by atoms with Crippen LogP contribution in [0.25, 0.3) is 11.0 Å². The Balaban J connectivity index is 2.18. The quantitative estimate of drug-likeness (QED) is 0.814. The molecule has 0 aliphatic heterocycles. The molecule has 2 rings (SSSR count). The lowest BCUT2D eigenvalue weighted by Crippen LogP contribution is -2.08. The summed E-state index contributed by atoms with van der Waals surface area (Å²) in [5, 5.41) is 9.68. The van der Waals surface area contributed by atoms with E-state index < -0.39 is 5.97 Å². The molecule has 0 fully saturated rings. The van der Waals surface area contributed by atoms with Crippen LogP contribution >= 0.6 is 11.8 Å². The number of hydrogen-bond acceptors (Lipinski definition) is 3. The van der Waals surface area contributed by atoms with Crippen molar-refractivity contribution in [3.05, 3.63) is 23.8 Å². The van der Waals surface area contributed by atoms with E-state index in [0.29, 0.717) is 0 Å². The molecule has 0 saturated heterocycles. The standard InChI is InChI=1S/C13H16N2O2S/c1-3-9(7-12(16)17)18-13-14-10-5-4-8(2)6-11(10)15-13/h4-6,9H,3,7H2,1-2H3,(H,14,15)(H,16,17). The van der Waals surface area contributed by atoms with Crippen molar-refractivity contribution in [1.82, 2.24) is 9.97 Å². The van der Waals surface area contributed by atoms with E-state index in [2.05, 4.69) is 9.97 Å². The Labute approximate surface area is 110 Å². The Morgan fingerprint density at radius 2 is 2.33 bits per heavy atom. The minimum Gasteiger partial charge on any atom is -0.481 e. The zero-order valence-electron chi connectivity index (χ0n) is 10.4. The van der Waals surface area contributed by atoms with Gasteiger partial charge < -0.3 is 10.1 Å². The van der Waals surface area contributed by atoms with Crippen molar-refractivity contribution >= 4 is 28.8 Å². The van der Waals surface area contributed by atoms with Crippen molar-refractivity contribution in [2.24, 2.45) is 0 Å². The highest BCUT2D eigenvalue weighted by Gasteiger charge is 2.15. The zero-order valence-corrected chi connectivity index (χ0v) is 11.3. The number of H-pyrrole nitrogens is 1. The fourth-order valence-corrected chi connectivity index (χ4v) is 2.81. The molecule has 1 aromatic carbocycles. The highest BCUT2D eigenvalue weighted by atomic mass is 32.2. The monoisotopic (exact) mass is 264 g/mol. The number of carbonyl (C=O) groups is 1. The van der Waals surface area contributed by atoms with Crippen LogP contribution in [-0.2, 0) is 4.79 Å². The van der Waals surface area contributed by atoms with Crippen molar-refractivity contribution in [2.45, 2.75) is 37.1 Å². The van der Waals surface area contributed by atoms with Crippen LogP contribution in [0.3, 0.4) is 0 Å². The summed E-state index contributed by atoms with van der Waals surface area (Å²) in [6, 6.07) is 6.04. The Morgan fingerprint density at radius 1 is 1.56 bits per heavy atom. The van der Waals surface area contributed by atoms with Gasteiger partial charge >= 0.3 is 5.97 Å². The van der Waals surface area contributed by atoms with E-state index in [0.717, 1.165) is 22.6 Å². The number of aromatic nitrogens is 2. The van der Waals surface area contributed by atoms with Gasteiger partial charge in [0.2, 0.25) is 0 Å². The zero-order chi connectivity index (χ0) is 13.1. The molecule has 4 nitrogen and oxygen atoms in total. The molecular formula is C13H16N2O2S. The number of aromatic amines is 1. The van der Waals surface area contributed by atoms with E-state index in [4.69, 9.17) is 5.11 Å². The second-order valence-corrected chi connectivity index (χ2v) is 5.60. The number of carboxylic acids is 1. The highest BCUT2D eigenvalue weighted by Crippen LogP contribution is 2.27. The molecule has 1 aromatic heterocycles. The van der Waals surface area contributed by atoms with E-state index in [1.54, 1.807) is 0 Å². The molecule has 0 bridgehead atoms. The fourth-order valence-electron chi connectivity index (χ4n) is 1.78. The van der Waals surface area contributed by atoms with Gasteiger partial charge in [0.25, 0.3) is 0 Å². The lowest BCUT2D eigenvalue weighted by atomic mass is 10.2. The molecule has 5 heteroatoms. The first-order chi connectivity index (χ1) is 8.58. The number of imidazole rings is 1. The van der Waals surface area contributed by atoms with Crippen molar-refractivity contribution in [3.63, 3.8) is 0 Å². The molecule has 0 amide bonds. The van der Waals surface area contributed by atoms with Crippen molar-refractivity contribution < 1.29 is 9.90 Å². The van der Waals surface area contributed by atoms with E-state index in [1.165, 1.54) is 17.3 Å². The molecule has 2 aromatic rings. The molecule has 0 aliphatic carbocycles. The van der Waals surface area contributed by atoms with Crippen LogP contribution in [0, 0.1) is 6.92 Å². The Bertz CT molecular complexity index is 565. The maximum absolute atomic E-state index is 10.7. The first kappa shape index (κ1) is 13.0. The number of thioether (sulfide) groups is 1. The van der Waals surface area contributed by atoms with Gasteiger partial charge in [-0.1, -0.05) is 24.8 Å². The average Bonchev–Trinajstić information content (AvgIpc) is 2.68. The summed E-state index contributed by atoms with van der Waals surface area (Å²) in [6.07, 6.45) is 0.976. The molecule has 0 radical (unpaired) electrons. The summed E-state index contributed by atoms with van der Waals surface area (Å²) < 4.78 is 0. The molecule has 0 aliphatic rings. The first-order valence-electron chi connectivity index (χ1n) is 5.93. The number of fused-ring (bicyclic) bond motifs is 1. The summed E-state index contributed by atoms with van der Waals surface area (Å²) >= 11 is 1.50. The number of rotatable bonds is 5. The summed E-state index contributed by atoms with van der Waals surface area (Å²) in [5.74, 6) is -0.763. The summed E-state index contributed by atoms with van der Waals surface area (Å²) in [7, 11) is 0. The van der Waals surface area contributed by atoms with Gasteiger partial charge in [-0.25, -0.2) is 4.98 Å². The van der Waals surface area contributed by atoms with Crippen LogP contribution in [0.4, 0.5) is 0 Å². The molecule has 1 atom stereocenters. The molecular weight excluding hydrogens is 248 g/mol. The fraction of sp³-hybridized carbons (Fsp3) is 0.385. The lowest BCUT2D eigenvalue weighted by Gasteiger charge is -2.08. The summed E-state index contributed by atoms with van der Waals surface area (Å²) in [5.41, 5.74) is 3.11. The average molecular weight is 264 g/mol. The minimum atomic E-state index is -0.763. The molecule has 96 valence electrons. The number of hydrogen-bond donors (Lipinski definition) is 2. The number of aliphatic carboxylic acids is 1. The molecule has 0 spiro atoms.